The summed E-state index contributed by atoms with van der Waals surface area (Å²) in [4.78, 5) is 23.5. The molecule has 1 unspecified atom stereocenters. The van der Waals surface area contributed by atoms with Gasteiger partial charge in [-0.2, -0.15) is 0 Å². The molecule has 0 aromatic heterocycles. The molecular formula is C9H14N2O5S. The van der Waals surface area contributed by atoms with E-state index in [1.807, 2.05) is 0 Å². The molecule has 0 bridgehead atoms. The van der Waals surface area contributed by atoms with E-state index in [-0.39, 0.29) is 36.7 Å². The molecule has 0 aliphatic carbocycles. The van der Waals surface area contributed by atoms with Gasteiger partial charge in [0.25, 0.3) is 0 Å². The van der Waals surface area contributed by atoms with E-state index in [0.29, 0.717) is 6.42 Å². The lowest BCUT2D eigenvalue weighted by atomic mass is 10.0. The fraction of sp³-hybridized carbons (Fsp3) is 0.778. The summed E-state index contributed by atoms with van der Waals surface area (Å²) in [6, 6.07) is -0.707. The summed E-state index contributed by atoms with van der Waals surface area (Å²) in [7, 11) is -3.01. The van der Waals surface area contributed by atoms with Gasteiger partial charge in [0.1, 0.15) is 0 Å². The molecule has 8 heteroatoms. The van der Waals surface area contributed by atoms with E-state index in [1.165, 1.54) is 4.90 Å². The molecule has 2 aliphatic heterocycles. The van der Waals surface area contributed by atoms with E-state index in [0.717, 1.165) is 0 Å². The van der Waals surface area contributed by atoms with Crippen LogP contribution < -0.4 is 5.32 Å². The van der Waals surface area contributed by atoms with Gasteiger partial charge in [0, 0.05) is 19.1 Å². The van der Waals surface area contributed by atoms with Crippen LogP contribution in [-0.2, 0) is 14.6 Å². The number of hydrogen-bond acceptors (Lipinski definition) is 4. The zero-order valence-corrected chi connectivity index (χ0v) is 9.94. The fourth-order valence-corrected chi connectivity index (χ4v) is 3.65. The maximum atomic E-state index is 11.6. The van der Waals surface area contributed by atoms with Crippen molar-refractivity contribution in [3.63, 3.8) is 0 Å². The first-order valence-electron chi connectivity index (χ1n) is 5.36. The molecule has 2 saturated heterocycles. The van der Waals surface area contributed by atoms with Gasteiger partial charge in [-0.1, -0.05) is 0 Å². The molecule has 96 valence electrons. The lowest BCUT2D eigenvalue weighted by Crippen LogP contribution is -2.57. The predicted molar refractivity (Wildman–Crippen MR) is 58.3 cm³/mol. The number of carbonyl (C=O) groups is 2. The Morgan fingerprint density at radius 3 is 2.41 bits per heavy atom. The van der Waals surface area contributed by atoms with Gasteiger partial charge in [0.15, 0.2) is 9.84 Å². The largest absolute Gasteiger partial charge is 0.481 e. The van der Waals surface area contributed by atoms with Gasteiger partial charge in [-0.3, -0.25) is 4.79 Å². The number of hydrogen-bond donors (Lipinski definition) is 2. The fourth-order valence-electron chi connectivity index (χ4n) is 1.98. The molecule has 0 radical (unpaired) electrons. The van der Waals surface area contributed by atoms with Crippen LogP contribution >= 0.6 is 0 Å². The number of nitrogens with zero attached hydrogens (tertiary/aromatic N) is 1. The summed E-state index contributed by atoms with van der Waals surface area (Å²) >= 11 is 0. The summed E-state index contributed by atoms with van der Waals surface area (Å²) in [5.41, 5.74) is 0. The number of nitrogens with one attached hydrogen (secondary N) is 1. The van der Waals surface area contributed by atoms with Crippen molar-refractivity contribution < 1.29 is 23.1 Å². The summed E-state index contributed by atoms with van der Waals surface area (Å²) < 4.78 is 22.3. The van der Waals surface area contributed by atoms with Crippen molar-refractivity contribution in [3.8, 4) is 0 Å². The zero-order valence-electron chi connectivity index (χ0n) is 9.13. The molecular weight excluding hydrogens is 248 g/mol. The van der Waals surface area contributed by atoms with Gasteiger partial charge >= 0.3 is 12.0 Å². The van der Waals surface area contributed by atoms with E-state index < -0.39 is 21.7 Å². The van der Waals surface area contributed by atoms with Gasteiger partial charge in [-0.05, 0) is 6.42 Å². The molecule has 2 N–H and O–H groups in total. The van der Waals surface area contributed by atoms with Gasteiger partial charge in [-0.15, -0.1) is 0 Å². The van der Waals surface area contributed by atoms with E-state index >= 15 is 0 Å². The highest BCUT2D eigenvalue weighted by atomic mass is 32.2. The number of amides is 2. The van der Waals surface area contributed by atoms with Crippen LogP contribution in [0.5, 0.6) is 0 Å². The van der Waals surface area contributed by atoms with Crippen LogP contribution in [0.2, 0.25) is 0 Å². The molecule has 0 aromatic carbocycles. The molecule has 7 nitrogen and oxygen atoms in total. The second-order valence-corrected chi connectivity index (χ2v) is 6.72. The van der Waals surface area contributed by atoms with Crippen molar-refractivity contribution >= 4 is 21.8 Å². The third-order valence-electron chi connectivity index (χ3n) is 3.08. The maximum absolute atomic E-state index is 11.6. The lowest BCUT2D eigenvalue weighted by Gasteiger charge is -2.37. The number of carboxylic acid groups (broad SMARTS) is 1. The molecule has 0 spiro atoms. The normalized spacial score (nSPS) is 27.5. The maximum Gasteiger partial charge on any atom is 0.317 e. The van der Waals surface area contributed by atoms with Crippen LogP contribution in [0.4, 0.5) is 4.79 Å². The van der Waals surface area contributed by atoms with Gasteiger partial charge in [0.2, 0.25) is 0 Å². The van der Waals surface area contributed by atoms with E-state index in [1.54, 1.807) is 0 Å². The Labute approximate surface area is 98.7 Å². The quantitative estimate of drug-likeness (QED) is 0.657. The van der Waals surface area contributed by atoms with Gasteiger partial charge in [0.05, 0.1) is 17.4 Å². The Morgan fingerprint density at radius 1 is 1.29 bits per heavy atom. The number of carboxylic acids is 1. The van der Waals surface area contributed by atoms with Gasteiger partial charge < -0.3 is 15.3 Å². The molecule has 1 atom stereocenters. The summed E-state index contributed by atoms with van der Waals surface area (Å²) in [5, 5.41) is 11.3. The Morgan fingerprint density at radius 2 is 1.94 bits per heavy atom. The van der Waals surface area contributed by atoms with Crippen LogP contribution in [-0.4, -0.2) is 61.1 Å². The number of carbonyl (C=O) groups excluding carboxylic acids is 1. The first-order valence-corrected chi connectivity index (χ1v) is 7.18. The minimum Gasteiger partial charge on any atom is -0.481 e. The monoisotopic (exact) mass is 262 g/mol. The van der Waals surface area contributed by atoms with Crippen LogP contribution in [0.25, 0.3) is 0 Å². The molecule has 2 fully saturated rings. The highest BCUT2D eigenvalue weighted by molar-refractivity contribution is 7.91. The molecule has 17 heavy (non-hydrogen) atoms. The van der Waals surface area contributed by atoms with Crippen molar-refractivity contribution in [1.29, 1.82) is 0 Å². The Balaban J connectivity index is 1.78. The molecule has 2 aliphatic rings. The predicted octanol–water partition coefficient (Wildman–Crippen LogP) is -1.10. The third kappa shape index (κ3) is 2.68. The van der Waals surface area contributed by atoms with Crippen molar-refractivity contribution in [2.45, 2.75) is 12.5 Å². The van der Waals surface area contributed by atoms with Crippen LogP contribution in [0.1, 0.15) is 6.42 Å². The Kier molecular flexibility index (Phi) is 2.98. The van der Waals surface area contributed by atoms with Crippen LogP contribution in [0, 0.1) is 5.92 Å². The van der Waals surface area contributed by atoms with Crippen molar-refractivity contribution in [3.05, 3.63) is 0 Å². The van der Waals surface area contributed by atoms with Crippen molar-refractivity contribution in [1.82, 2.24) is 10.2 Å². The summed E-state index contributed by atoms with van der Waals surface area (Å²) in [6.45, 7) is 0.390. The van der Waals surface area contributed by atoms with Gasteiger partial charge in [-0.25, -0.2) is 13.2 Å². The second kappa shape index (κ2) is 4.17. The van der Waals surface area contributed by atoms with Crippen molar-refractivity contribution in [2.24, 2.45) is 5.92 Å². The SMILES string of the molecule is O=C(O)C1CN(C(=O)NC2CCS(=O)(=O)C2)C1. The van der Waals surface area contributed by atoms with E-state index in [4.69, 9.17) is 5.11 Å². The average molecular weight is 262 g/mol. The van der Waals surface area contributed by atoms with Crippen LogP contribution in [0.3, 0.4) is 0 Å². The number of rotatable bonds is 2. The smallest absolute Gasteiger partial charge is 0.317 e. The highest BCUT2D eigenvalue weighted by Gasteiger charge is 2.37. The van der Waals surface area contributed by atoms with E-state index in [9.17, 15) is 18.0 Å². The standard InChI is InChI=1S/C9H14N2O5S/c12-8(13)6-3-11(4-6)9(14)10-7-1-2-17(15,16)5-7/h6-7H,1-5H2,(H,10,14)(H,12,13). The Hall–Kier alpha value is -1.31. The first kappa shape index (κ1) is 12.2. The minimum atomic E-state index is -3.01. The molecule has 0 saturated carbocycles. The molecule has 0 aromatic rings. The number of urea groups is 1. The van der Waals surface area contributed by atoms with E-state index in [2.05, 4.69) is 5.32 Å². The summed E-state index contributed by atoms with van der Waals surface area (Å²) in [6.07, 6.45) is 0.435. The first-order chi connectivity index (χ1) is 7.87. The molecule has 2 amide bonds. The lowest BCUT2D eigenvalue weighted by molar-refractivity contribution is -0.146. The summed E-state index contributed by atoms with van der Waals surface area (Å²) in [5.74, 6) is -1.31. The minimum absolute atomic E-state index is 0.0189. The van der Waals surface area contributed by atoms with Crippen LogP contribution in [0.15, 0.2) is 0 Å². The van der Waals surface area contributed by atoms with Crippen molar-refractivity contribution in [2.75, 3.05) is 24.6 Å². The topological polar surface area (TPSA) is 104 Å². The highest BCUT2D eigenvalue weighted by Crippen LogP contribution is 2.17. The number of likely N-dealkylation sites (tertiary alicyclic amines) is 1. The molecule has 2 rings (SSSR count). The Bertz CT molecular complexity index is 440. The second-order valence-electron chi connectivity index (χ2n) is 4.49. The average Bonchev–Trinajstić information content (AvgIpc) is 2.41. The number of aliphatic carboxylic acids is 1. The third-order valence-corrected chi connectivity index (χ3v) is 4.85. The number of sulfone groups is 1. The molecule has 2 heterocycles. The zero-order chi connectivity index (χ0) is 12.6.